The maximum absolute atomic E-state index is 12.6. The minimum absolute atomic E-state index is 0.0466. The lowest BCUT2D eigenvalue weighted by molar-refractivity contribution is -0.119. The first kappa shape index (κ1) is 16.6. The van der Waals surface area contributed by atoms with Crippen LogP contribution in [0.2, 0.25) is 0 Å². The molecule has 24 heavy (non-hydrogen) atoms. The number of rotatable bonds is 3. The number of aryl methyl sites for hydroxylation is 1. The number of nitrogens with zero attached hydrogens (tertiary/aromatic N) is 2. The Morgan fingerprint density at radius 3 is 2.79 bits per heavy atom. The molecule has 1 unspecified atom stereocenters. The van der Waals surface area contributed by atoms with Crippen molar-refractivity contribution in [3.63, 3.8) is 0 Å². The molecule has 126 valence electrons. The number of fused-ring (bicyclic) bond motifs is 1. The Hall–Kier alpha value is -2.28. The summed E-state index contributed by atoms with van der Waals surface area (Å²) < 4.78 is 1.61. The summed E-state index contributed by atoms with van der Waals surface area (Å²) in [5.74, 6) is 0.296. The summed E-state index contributed by atoms with van der Waals surface area (Å²) in [5, 5.41) is 12.8. The predicted octanol–water partition coefficient (Wildman–Crippen LogP) is 2.18. The van der Waals surface area contributed by atoms with Crippen LogP contribution in [0, 0.1) is 12.8 Å². The molecule has 1 aliphatic heterocycles. The average molecular weight is 345 g/mol. The van der Waals surface area contributed by atoms with E-state index in [1.54, 1.807) is 16.7 Å². The van der Waals surface area contributed by atoms with Crippen molar-refractivity contribution < 1.29 is 9.90 Å². The maximum atomic E-state index is 12.6. The normalized spacial score (nSPS) is 16.5. The highest BCUT2D eigenvalue weighted by molar-refractivity contribution is 7.99. The van der Waals surface area contributed by atoms with Crippen molar-refractivity contribution in [2.24, 2.45) is 5.92 Å². The molecule has 2 N–H and O–H groups in total. The van der Waals surface area contributed by atoms with Gasteiger partial charge in [0.1, 0.15) is 5.75 Å². The van der Waals surface area contributed by atoms with Crippen LogP contribution in [0.1, 0.15) is 18.2 Å². The van der Waals surface area contributed by atoms with E-state index < -0.39 is 0 Å². The molecule has 1 aromatic heterocycles. The van der Waals surface area contributed by atoms with E-state index in [2.05, 4.69) is 10.3 Å². The van der Waals surface area contributed by atoms with Gasteiger partial charge < -0.3 is 10.4 Å². The number of hydrogen-bond donors (Lipinski definition) is 2. The summed E-state index contributed by atoms with van der Waals surface area (Å²) in [4.78, 5) is 29.6. The third-order valence-electron chi connectivity index (χ3n) is 4.11. The van der Waals surface area contributed by atoms with Gasteiger partial charge in [-0.2, -0.15) is 0 Å². The topological polar surface area (TPSA) is 84.2 Å². The molecule has 0 aliphatic carbocycles. The summed E-state index contributed by atoms with van der Waals surface area (Å²) in [6.07, 6.45) is 0.632. The average Bonchev–Trinajstić information content (AvgIpc) is 2.57. The first-order valence-electron chi connectivity index (χ1n) is 7.82. The van der Waals surface area contributed by atoms with E-state index in [1.165, 1.54) is 23.9 Å². The van der Waals surface area contributed by atoms with Crippen LogP contribution in [-0.2, 0) is 17.8 Å². The summed E-state index contributed by atoms with van der Waals surface area (Å²) in [7, 11) is 0. The van der Waals surface area contributed by atoms with Crippen LogP contribution in [0.3, 0.4) is 0 Å². The van der Waals surface area contributed by atoms with Gasteiger partial charge in [0.25, 0.3) is 5.56 Å². The summed E-state index contributed by atoms with van der Waals surface area (Å²) >= 11 is 1.44. The summed E-state index contributed by atoms with van der Waals surface area (Å²) in [6, 6.07) is 6.32. The Morgan fingerprint density at radius 2 is 2.12 bits per heavy atom. The number of amides is 1. The Kier molecular flexibility index (Phi) is 4.62. The van der Waals surface area contributed by atoms with E-state index in [0.717, 1.165) is 5.69 Å². The van der Waals surface area contributed by atoms with Gasteiger partial charge in [-0.15, -0.1) is 0 Å². The number of aromatic nitrogens is 2. The van der Waals surface area contributed by atoms with Crippen LogP contribution >= 0.6 is 11.8 Å². The zero-order chi connectivity index (χ0) is 17.3. The van der Waals surface area contributed by atoms with Crippen molar-refractivity contribution in [3.8, 4) is 5.75 Å². The van der Waals surface area contributed by atoms with Gasteiger partial charge in [-0.25, -0.2) is 4.98 Å². The SMILES string of the molecule is CCc1c(C)nc2n(c1=O)CC(C(=O)Nc1ccc(O)cc1)CS2. The molecule has 0 fully saturated rings. The fourth-order valence-corrected chi connectivity index (χ4v) is 3.87. The van der Waals surface area contributed by atoms with Crippen LogP contribution in [0.15, 0.2) is 34.2 Å². The quantitative estimate of drug-likeness (QED) is 0.658. The second-order valence-corrected chi connectivity index (χ2v) is 6.76. The van der Waals surface area contributed by atoms with Gasteiger partial charge in [0, 0.05) is 29.2 Å². The Bertz CT molecular complexity index is 830. The molecule has 1 atom stereocenters. The molecule has 6 nitrogen and oxygen atoms in total. The van der Waals surface area contributed by atoms with E-state index in [-0.39, 0.29) is 23.1 Å². The lowest BCUT2D eigenvalue weighted by Gasteiger charge is -2.25. The number of thioether (sulfide) groups is 1. The number of benzene rings is 1. The molecule has 0 saturated heterocycles. The maximum Gasteiger partial charge on any atom is 0.257 e. The fraction of sp³-hybridized carbons (Fsp3) is 0.353. The molecule has 0 bridgehead atoms. The second-order valence-electron chi connectivity index (χ2n) is 5.77. The van der Waals surface area contributed by atoms with Crippen LogP contribution in [0.4, 0.5) is 5.69 Å². The monoisotopic (exact) mass is 345 g/mol. The molecule has 1 amide bonds. The zero-order valence-corrected chi connectivity index (χ0v) is 14.4. The standard InChI is InChI=1S/C17H19N3O3S/c1-3-14-10(2)18-17-20(16(14)23)8-11(9-24-17)15(22)19-12-4-6-13(21)7-5-12/h4-7,11,21H,3,8-9H2,1-2H3,(H,19,22). The van der Waals surface area contributed by atoms with Gasteiger partial charge in [-0.3, -0.25) is 14.2 Å². The number of nitrogens with one attached hydrogen (secondary N) is 1. The first-order chi connectivity index (χ1) is 11.5. The number of aromatic hydroxyl groups is 1. The van der Waals surface area contributed by atoms with Crippen molar-refractivity contribution in [2.45, 2.75) is 32.0 Å². The van der Waals surface area contributed by atoms with E-state index in [0.29, 0.717) is 35.1 Å². The van der Waals surface area contributed by atoms with Crippen LogP contribution in [0.5, 0.6) is 5.75 Å². The van der Waals surface area contributed by atoms with E-state index in [1.807, 2.05) is 13.8 Å². The number of phenolic OH excluding ortho intramolecular Hbond substituents is 1. The zero-order valence-electron chi connectivity index (χ0n) is 13.6. The number of anilines is 1. The van der Waals surface area contributed by atoms with Crippen molar-refractivity contribution in [2.75, 3.05) is 11.1 Å². The van der Waals surface area contributed by atoms with E-state index >= 15 is 0 Å². The molecular formula is C17H19N3O3S. The Balaban J connectivity index is 1.80. The third-order valence-corrected chi connectivity index (χ3v) is 5.25. The van der Waals surface area contributed by atoms with Gasteiger partial charge in [-0.05, 0) is 37.6 Å². The number of carbonyl (C=O) groups is 1. The second kappa shape index (κ2) is 6.68. The van der Waals surface area contributed by atoms with Crippen molar-refractivity contribution in [1.29, 1.82) is 0 Å². The van der Waals surface area contributed by atoms with Crippen molar-refractivity contribution in [1.82, 2.24) is 9.55 Å². The molecule has 1 aromatic carbocycles. The van der Waals surface area contributed by atoms with Crippen LogP contribution < -0.4 is 10.9 Å². The van der Waals surface area contributed by atoms with Gasteiger partial charge in [-0.1, -0.05) is 18.7 Å². The minimum Gasteiger partial charge on any atom is -0.508 e. The molecule has 2 heterocycles. The largest absolute Gasteiger partial charge is 0.508 e. The molecule has 1 aliphatic rings. The molecular weight excluding hydrogens is 326 g/mol. The van der Waals surface area contributed by atoms with Crippen molar-refractivity contribution >= 4 is 23.4 Å². The molecule has 7 heteroatoms. The molecule has 2 aromatic rings. The van der Waals surface area contributed by atoms with Crippen LogP contribution in [-0.4, -0.2) is 26.3 Å². The summed E-state index contributed by atoms with van der Waals surface area (Å²) in [6.45, 7) is 4.12. The number of phenols is 1. The van der Waals surface area contributed by atoms with Crippen molar-refractivity contribution in [3.05, 3.63) is 45.9 Å². The lowest BCUT2D eigenvalue weighted by atomic mass is 10.1. The number of carbonyl (C=O) groups excluding carboxylic acids is 1. The Morgan fingerprint density at radius 1 is 1.42 bits per heavy atom. The fourth-order valence-electron chi connectivity index (χ4n) is 2.75. The first-order valence-corrected chi connectivity index (χ1v) is 8.81. The smallest absolute Gasteiger partial charge is 0.257 e. The Labute approximate surface area is 143 Å². The van der Waals surface area contributed by atoms with Gasteiger partial charge >= 0.3 is 0 Å². The third kappa shape index (κ3) is 3.17. The number of hydrogen-bond acceptors (Lipinski definition) is 5. The molecule has 0 saturated carbocycles. The molecule has 0 spiro atoms. The molecule has 3 rings (SSSR count). The summed E-state index contributed by atoms with van der Waals surface area (Å²) in [5.41, 5.74) is 2.05. The lowest BCUT2D eigenvalue weighted by Crippen LogP contribution is -2.38. The van der Waals surface area contributed by atoms with Gasteiger partial charge in [0.15, 0.2) is 5.16 Å². The highest BCUT2D eigenvalue weighted by Crippen LogP contribution is 2.27. The van der Waals surface area contributed by atoms with Crippen LogP contribution in [0.25, 0.3) is 0 Å². The van der Waals surface area contributed by atoms with E-state index in [9.17, 15) is 14.7 Å². The molecule has 0 radical (unpaired) electrons. The predicted molar refractivity (Wildman–Crippen MR) is 93.6 cm³/mol. The highest BCUT2D eigenvalue weighted by Gasteiger charge is 2.28. The van der Waals surface area contributed by atoms with Gasteiger partial charge in [0.05, 0.1) is 5.92 Å². The van der Waals surface area contributed by atoms with Gasteiger partial charge in [0.2, 0.25) is 5.91 Å². The highest BCUT2D eigenvalue weighted by atomic mass is 32.2. The minimum atomic E-state index is -0.303. The van der Waals surface area contributed by atoms with E-state index in [4.69, 9.17) is 0 Å².